The van der Waals surface area contributed by atoms with Crippen LogP contribution in [0.3, 0.4) is 0 Å². The summed E-state index contributed by atoms with van der Waals surface area (Å²) >= 11 is 14.9. The molecule has 4 aromatic rings. The van der Waals surface area contributed by atoms with Crippen molar-refractivity contribution >= 4 is 62.5 Å². The summed E-state index contributed by atoms with van der Waals surface area (Å²) < 4.78 is 0.939. The number of carboxylic acid groups (broad SMARTS) is 1. The Morgan fingerprint density at radius 1 is 1.13 bits per heavy atom. The van der Waals surface area contributed by atoms with Crippen molar-refractivity contribution in [2.75, 3.05) is 0 Å². The number of aromatic amines is 1. The quantitative estimate of drug-likeness (QED) is 0.392. The van der Waals surface area contributed by atoms with E-state index in [0.717, 1.165) is 26.4 Å². The molecule has 2 N–H and O–H groups in total. The lowest BCUT2D eigenvalue weighted by atomic mass is 10.2. The molecule has 0 aliphatic rings. The van der Waals surface area contributed by atoms with E-state index in [-0.39, 0.29) is 15.8 Å². The van der Waals surface area contributed by atoms with Gasteiger partial charge in [0.25, 0.3) is 5.56 Å². The molecule has 0 saturated heterocycles. The van der Waals surface area contributed by atoms with Crippen molar-refractivity contribution in [2.24, 2.45) is 0 Å². The fourth-order valence-corrected chi connectivity index (χ4v) is 5.56. The topological polar surface area (TPSA) is 92.2 Å². The van der Waals surface area contributed by atoms with Crippen LogP contribution in [-0.4, -0.2) is 20.6 Å². The number of thioether (sulfide) groups is 1. The van der Waals surface area contributed by atoms with Crippen LogP contribution in [0.5, 0.6) is 0 Å². The van der Waals surface area contributed by atoms with E-state index in [2.05, 4.69) is 4.98 Å². The summed E-state index contributed by atoms with van der Waals surface area (Å²) in [7, 11) is 0. The van der Waals surface area contributed by atoms with E-state index in [4.69, 9.17) is 23.2 Å². The fraction of sp³-hybridized carbons (Fsp3) is 0.0500. The van der Waals surface area contributed by atoms with Gasteiger partial charge in [-0.2, -0.15) is 0 Å². The third-order valence-corrected chi connectivity index (χ3v) is 7.01. The van der Waals surface area contributed by atoms with E-state index in [1.807, 2.05) is 6.07 Å². The number of halogens is 2. The van der Waals surface area contributed by atoms with Crippen molar-refractivity contribution in [1.29, 1.82) is 0 Å². The number of thiophene rings is 1. The third kappa shape index (κ3) is 3.79. The standard InChI is InChI=1S/C20H12Cl2N2O4S2/c21-14-5-2-6-15(22)12(14)8-29-11-4-1-3-10(7-11)24-18(25)16-13(19(26)27)9-30-17(16)23-20(24)28/h1-7,9H,8H2,(H,23,28)(H,26,27). The maximum absolute atomic E-state index is 13.0. The largest absolute Gasteiger partial charge is 0.478 e. The second-order valence-electron chi connectivity index (χ2n) is 6.22. The number of nitrogens with zero attached hydrogens (tertiary/aromatic N) is 1. The van der Waals surface area contributed by atoms with E-state index in [1.165, 1.54) is 17.1 Å². The number of aromatic carboxylic acids is 1. The number of carbonyl (C=O) groups is 1. The molecule has 0 atom stereocenters. The first kappa shape index (κ1) is 20.7. The highest BCUT2D eigenvalue weighted by Crippen LogP contribution is 2.32. The molecule has 0 aliphatic carbocycles. The van der Waals surface area contributed by atoms with E-state index in [0.29, 0.717) is 21.5 Å². The number of benzene rings is 2. The van der Waals surface area contributed by atoms with Crippen LogP contribution >= 0.6 is 46.3 Å². The predicted molar refractivity (Wildman–Crippen MR) is 121 cm³/mol. The van der Waals surface area contributed by atoms with Crippen molar-refractivity contribution < 1.29 is 9.90 Å². The molecule has 0 spiro atoms. The van der Waals surface area contributed by atoms with Crippen molar-refractivity contribution in [3.05, 3.63) is 89.9 Å². The van der Waals surface area contributed by atoms with Crippen LogP contribution in [0.15, 0.2) is 62.3 Å². The number of hydrogen-bond acceptors (Lipinski definition) is 5. The molecular weight excluding hydrogens is 467 g/mol. The molecule has 0 unspecified atom stereocenters. The van der Waals surface area contributed by atoms with Gasteiger partial charge in [-0.15, -0.1) is 23.1 Å². The molecule has 4 rings (SSSR count). The number of nitrogens with one attached hydrogen (secondary N) is 1. The number of H-pyrrole nitrogens is 1. The number of rotatable bonds is 5. The SMILES string of the molecule is O=C(O)c1csc2[nH]c(=O)n(-c3cccc(SCc4c(Cl)cccc4Cl)c3)c(=O)c12. The Morgan fingerprint density at radius 2 is 1.83 bits per heavy atom. The first-order chi connectivity index (χ1) is 14.4. The van der Waals surface area contributed by atoms with Gasteiger partial charge in [0.1, 0.15) is 4.83 Å². The molecule has 0 aliphatic heterocycles. The van der Waals surface area contributed by atoms with Gasteiger partial charge >= 0.3 is 11.7 Å². The van der Waals surface area contributed by atoms with Gasteiger partial charge in [0.15, 0.2) is 0 Å². The van der Waals surface area contributed by atoms with Gasteiger partial charge in [-0.3, -0.25) is 9.78 Å². The first-order valence-corrected chi connectivity index (χ1v) is 11.1. The van der Waals surface area contributed by atoms with Gasteiger partial charge < -0.3 is 5.11 Å². The maximum Gasteiger partial charge on any atom is 0.337 e. The number of carboxylic acids is 1. The van der Waals surface area contributed by atoms with Crippen LogP contribution < -0.4 is 11.2 Å². The Morgan fingerprint density at radius 3 is 2.53 bits per heavy atom. The second kappa shape index (κ2) is 8.31. The molecule has 6 nitrogen and oxygen atoms in total. The molecule has 0 fully saturated rings. The lowest BCUT2D eigenvalue weighted by Crippen LogP contribution is -2.33. The average Bonchev–Trinajstić information content (AvgIpc) is 3.12. The summed E-state index contributed by atoms with van der Waals surface area (Å²) in [6.45, 7) is 0. The summed E-state index contributed by atoms with van der Waals surface area (Å²) in [6, 6.07) is 12.1. The van der Waals surface area contributed by atoms with Gasteiger partial charge in [-0.1, -0.05) is 35.3 Å². The number of hydrogen-bond donors (Lipinski definition) is 2. The molecule has 10 heteroatoms. The summed E-state index contributed by atoms with van der Waals surface area (Å²) in [6.07, 6.45) is 0. The maximum atomic E-state index is 13.0. The summed E-state index contributed by atoms with van der Waals surface area (Å²) in [4.78, 5) is 40.5. The lowest BCUT2D eigenvalue weighted by Gasteiger charge is -2.09. The highest BCUT2D eigenvalue weighted by atomic mass is 35.5. The van der Waals surface area contributed by atoms with E-state index >= 15 is 0 Å². The van der Waals surface area contributed by atoms with E-state index in [9.17, 15) is 19.5 Å². The van der Waals surface area contributed by atoms with Crippen molar-refractivity contribution in [3.8, 4) is 5.69 Å². The van der Waals surface area contributed by atoms with Gasteiger partial charge in [-0.05, 0) is 35.9 Å². The fourth-order valence-electron chi connectivity index (χ4n) is 2.95. The van der Waals surface area contributed by atoms with Crippen LogP contribution in [0, 0.1) is 0 Å². The summed E-state index contributed by atoms with van der Waals surface area (Å²) in [5.74, 6) is -0.724. The van der Waals surface area contributed by atoms with Crippen LogP contribution in [0.4, 0.5) is 0 Å². The van der Waals surface area contributed by atoms with Gasteiger partial charge in [0.05, 0.1) is 16.6 Å². The Bertz CT molecular complexity index is 1390. The summed E-state index contributed by atoms with van der Waals surface area (Å²) in [5, 5.41) is 11.8. The molecule has 0 bridgehead atoms. The van der Waals surface area contributed by atoms with Crippen molar-refractivity contribution in [3.63, 3.8) is 0 Å². The van der Waals surface area contributed by atoms with E-state index in [1.54, 1.807) is 36.4 Å². The zero-order chi connectivity index (χ0) is 21.4. The molecule has 2 aromatic carbocycles. The number of aromatic nitrogens is 2. The highest BCUT2D eigenvalue weighted by molar-refractivity contribution is 7.98. The van der Waals surface area contributed by atoms with Gasteiger partial charge in [0.2, 0.25) is 0 Å². The molecule has 30 heavy (non-hydrogen) atoms. The van der Waals surface area contributed by atoms with Crippen LogP contribution in [0.2, 0.25) is 10.0 Å². The minimum atomic E-state index is -1.22. The molecule has 152 valence electrons. The molecule has 0 amide bonds. The molecule has 0 radical (unpaired) electrons. The van der Waals surface area contributed by atoms with Crippen LogP contribution in [-0.2, 0) is 5.75 Å². The first-order valence-electron chi connectivity index (χ1n) is 8.53. The molecule has 2 heterocycles. The van der Waals surface area contributed by atoms with Crippen LogP contribution in [0.25, 0.3) is 15.9 Å². The minimum absolute atomic E-state index is 0.0204. The Balaban J connectivity index is 1.75. The zero-order valence-electron chi connectivity index (χ0n) is 15.0. The monoisotopic (exact) mass is 478 g/mol. The molecule has 0 saturated carbocycles. The van der Waals surface area contributed by atoms with E-state index < -0.39 is 17.2 Å². The summed E-state index contributed by atoms with van der Waals surface area (Å²) in [5.41, 5.74) is -0.326. The molecule has 2 aromatic heterocycles. The predicted octanol–water partition coefficient (Wildman–Crippen LogP) is 5.04. The average molecular weight is 479 g/mol. The minimum Gasteiger partial charge on any atom is -0.478 e. The Labute approximate surface area is 187 Å². The van der Waals surface area contributed by atoms with Crippen molar-refractivity contribution in [1.82, 2.24) is 9.55 Å². The normalized spacial score (nSPS) is 11.1. The zero-order valence-corrected chi connectivity index (χ0v) is 18.2. The Kier molecular flexibility index (Phi) is 5.75. The number of fused-ring (bicyclic) bond motifs is 1. The van der Waals surface area contributed by atoms with Gasteiger partial charge in [-0.25, -0.2) is 14.2 Å². The second-order valence-corrected chi connectivity index (χ2v) is 8.96. The molecular formula is C20H12Cl2N2O4S2. The Hall–Kier alpha value is -2.52. The smallest absolute Gasteiger partial charge is 0.337 e. The highest BCUT2D eigenvalue weighted by Gasteiger charge is 2.19. The third-order valence-electron chi connectivity index (χ3n) is 4.38. The van der Waals surface area contributed by atoms with Crippen LogP contribution in [0.1, 0.15) is 15.9 Å². The lowest BCUT2D eigenvalue weighted by molar-refractivity contribution is 0.0699. The van der Waals surface area contributed by atoms with Gasteiger partial charge in [0, 0.05) is 26.1 Å². The van der Waals surface area contributed by atoms with Crippen molar-refractivity contribution in [2.45, 2.75) is 10.6 Å².